The molecule has 1 aromatic rings. The van der Waals surface area contributed by atoms with E-state index in [1.807, 2.05) is 6.92 Å². The molecule has 0 unspecified atom stereocenters. The minimum Gasteiger partial charge on any atom is -0.268 e. The van der Waals surface area contributed by atoms with Gasteiger partial charge in [-0.05, 0) is 13.0 Å². The van der Waals surface area contributed by atoms with Crippen LogP contribution in [0, 0.1) is 6.92 Å². The summed E-state index contributed by atoms with van der Waals surface area (Å²) in [7, 11) is 0. The van der Waals surface area contributed by atoms with Crippen LogP contribution in [0.2, 0.25) is 0 Å². The maximum Gasteiger partial charge on any atom is 0.267 e. The Bertz CT molecular complexity index is 343. The number of rotatable bonds is 2. The lowest BCUT2D eigenvalue weighted by atomic mass is 10.4. The molecule has 4 heteroatoms. The molecule has 0 bridgehead atoms. The van der Waals surface area contributed by atoms with Gasteiger partial charge in [0, 0.05) is 11.6 Å². The maximum atomic E-state index is 11.1. The Kier molecular flexibility index (Phi) is 3.05. The van der Waals surface area contributed by atoms with Crippen LogP contribution in [0.3, 0.4) is 0 Å². The quantitative estimate of drug-likeness (QED) is 0.695. The molecule has 1 heterocycles. The van der Waals surface area contributed by atoms with Crippen LogP contribution in [0.4, 0.5) is 0 Å². The monoisotopic (exact) mass is 184 g/mol. The summed E-state index contributed by atoms with van der Waals surface area (Å²) in [4.78, 5) is 11.1. The van der Waals surface area contributed by atoms with Crippen molar-refractivity contribution in [1.29, 1.82) is 0 Å². The Balaban J connectivity index is 2.97. The number of hydrogen-bond donors (Lipinski definition) is 0. The molecule has 3 nitrogen and oxygen atoms in total. The van der Waals surface area contributed by atoms with Crippen LogP contribution in [-0.4, -0.2) is 9.78 Å². The Morgan fingerprint density at radius 2 is 2.42 bits per heavy atom. The molecule has 1 aromatic heterocycles. The summed E-state index contributed by atoms with van der Waals surface area (Å²) in [5.74, 6) is 0. The van der Waals surface area contributed by atoms with Crippen molar-refractivity contribution in [1.82, 2.24) is 9.78 Å². The smallest absolute Gasteiger partial charge is 0.267 e. The van der Waals surface area contributed by atoms with Crippen molar-refractivity contribution in [3.05, 3.63) is 39.8 Å². The van der Waals surface area contributed by atoms with E-state index in [1.165, 1.54) is 16.3 Å². The average Bonchev–Trinajstić information content (AvgIpc) is 2.07. The molecule has 0 aromatic carbocycles. The van der Waals surface area contributed by atoms with Crippen LogP contribution >= 0.6 is 11.6 Å². The summed E-state index contributed by atoms with van der Waals surface area (Å²) >= 11 is 5.32. The highest BCUT2D eigenvalue weighted by atomic mass is 35.5. The fraction of sp³-hybridized carbons (Fsp3) is 0.250. The number of aryl methyl sites for hydroxylation is 1. The van der Waals surface area contributed by atoms with E-state index in [-0.39, 0.29) is 5.56 Å². The molecule has 0 atom stereocenters. The van der Waals surface area contributed by atoms with E-state index >= 15 is 0 Å². The van der Waals surface area contributed by atoms with Gasteiger partial charge in [0.25, 0.3) is 5.56 Å². The molecule has 0 amide bonds. The number of halogens is 1. The lowest BCUT2D eigenvalue weighted by Gasteiger charge is -1.99. The lowest BCUT2D eigenvalue weighted by Crippen LogP contribution is -2.21. The highest BCUT2D eigenvalue weighted by Gasteiger charge is 1.93. The van der Waals surface area contributed by atoms with Gasteiger partial charge in [-0.1, -0.05) is 17.7 Å². The first-order valence-corrected chi connectivity index (χ1v) is 3.97. The van der Waals surface area contributed by atoms with Crippen molar-refractivity contribution in [2.75, 3.05) is 0 Å². The molecule has 0 saturated heterocycles. The summed E-state index contributed by atoms with van der Waals surface area (Å²) in [6.45, 7) is 2.25. The van der Waals surface area contributed by atoms with Crippen molar-refractivity contribution in [3.63, 3.8) is 0 Å². The molecule has 0 aliphatic heterocycles. The normalized spacial score (nSPS) is 10.8. The van der Waals surface area contributed by atoms with Crippen molar-refractivity contribution in [2.24, 2.45) is 0 Å². The third kappa shape index (κ3) is 2.20. The maximum absolute atomic E-state index is 11.1. The highest BCUT2D eigenvalue weighted by Crippen LogP contribution is 1.87. The second-order valence-corrected chi connectivity index (χ2v) is 2.61. The first-order chi connectivity index (χ1) is 5.74. The second-order valence-electron chi connectivity index (χ2n) is 2.36. The second kappa shape index (κ2) is 4.07. The summed E-state index contributed by atoms with van der Waals surface area (Å²) in [6.07, 6.45) is 1.66. The van der Waals surface area contributed by atoms with E-state index in [1.54, 1.807) is 12.1 Å². The first-order valence-electron chi connectivity index (χ1n) is 3.54. The van der Waals surface area contributed by atoms with E-state index in [9.17, 15) is 4.79 Å². The SMILES string of the molecule is Cc1ccc(=O)n(C/C=C/Cl)n1. The van der Waals surface area contributed by atoms with Gasteiger partial charge in [-0.25, -0.2) is 4.68 Å². The highest BCUT2D eigenvalue weighted by molar-refractivity contribution is 6.25. The topological polar surface area (TPSA) is 34.9 Å². The van der Waals surface area contributed by atoms with Crippen LogP contribution in [0.5, 0.6) is 0 Å². The average molecular weight is 185 g/mol. The zero-order chi connectivity index (χ0) is 8.97. The van der Waals surface area contributed by atoms with E-state index in [2.05, 4.69) is 5.10 Å². The van der Waals surface area contributed by atoms with Crippen molar-refractivity contribution in [2.45, 2.75) is 13.5 Å². The Morgan fingerprint density at radius 3 is 3.08 bits per heavy atom. The van der Waals surface area contributed by atoms with E-state index < -0.39 is 0 Å². The van der Waals surface area contributed by atoms with Crippen LogP contribution in [0.1, 0.15) is 5.69 Å². The molecule has 64 valence electrons. The molecule has 0 N–H and O–H groups in total. The summed E-state index contributed by atoms with van der Waals surface area (Å²) < 4.78 is 1.36. The molecular formula is C8H9ClN2O. The Hall–Kier alpha value is -1.09. The van der Waals surface area contributed by atoms with E-state index in [0.29, 0.717) is 6.54 Å². The van der Waals surface area contributed by atoms with Gasteiger partial charge in [0.1, 0.15) is 0 Å². The molecule has 0 aliphatic carbocycles. The van der Waals surface area contributed by atoms with E-state index in [4.69, 9.17) is 11.6 Å². The third-order valence-electron chi connectivity index (χ3n) is 1.37. The van der Waals surface area contributed by atoms with Crippen LogP contribution in [-0.2, 0) is 6.54 Å². The number of aromatic nitrogens is 2. The summed E-state index contributed by atoms with van der Waals surface area (Å²) in [6, 6.07) is 3.17. The molecule has 0 fully saturated rings. The summed E-state index contributed by atoms with van der Waals surface area (Å²) in [5.41, 5.74) is 2.07. The van der Waals surface area contributed by atoms with Crippen LogP contribution < -0.4 is 5.56 Å². The number of allylic oxidation sites excluding steroid dienone is 1. The van der Waals surface area contributed by atoms with Crippen LogP contribution in [0.15, 0.2) is 28.5 Å². The van der Waals surface area contributed by atoms with Crippen LogP contribution in [0.25, 0.3) is 0 Å². The molecule has 0 spiro atoms. The van der Waals surface area contributed by atoms with Gasteiger partial charge in [-0.3, -0.25) is 4.79 Å². The number of hydrogen-bond acceptors (Lipinski definition) is 2. The van der Waals surface area contributed by atoms with Gasteiger partial charge in [0.2, 0.25) is 0 Å². The van der Waals surface area contributed by atoms with Crippen molar-refractivity contribution < 1.29 is 0 Å². The zero-order valence-electron chi connectivity index (χ0n) is 6.70. The lowest BCUT2D eigenvalue weighted by molar-refractivity contribution is 0.640. The molecule has 1 rings (SSSR count). The minimum atomic E-state index is -0.115. The molecule has 0 radical (unpaired) electrons. The molecule has 0 aliphatic rings. The predicted molar refractivity (Wildman–Crippen MR) is 48.2 cm³/mol. The third-order valence-corrected chi connectivity index (χ3v) is 1.55. The first kappa shape index (κ1) is 9.00. The zero-order valence-corrected chi connectivity index (χ0v) is 7.45. The number of nitrogens with zero attached hydrogens (tertiary/aromatic N) is 2. The molecular weight excluding hydrogens is 176 g/mol. The Labute approximate surface area is 75.3 Å². The standard InChI is InChI=1S/C8H9ClN2O/c1-7-3-4-8(12)11(10-7)6-2-5-9/h2-5H,6H2,1H3/b5-2+. The van der Waals surface area contributed by atoms with E-state index in [0.717, 1.165) is 5.69 Å². The molecule has 12 heavy (non-hydrogen) atoms. The fourth-order valence-corrected chi connectivity index (χ4v) is 0.901. The molecule has 0 saturated carbocycles. The van der Waals surface area contributed by atoms with Gasteiger partial charge >= 0.3 is 0 Å². The summed E-state index contributed by atoms with van der Waals surface area (Å²) in [5, 5.41) is 4.00. The fourth-order valence-electron chi connectivity index (χ4n) is 0.821. The predicted octanol–water partition coefficient (Wildman–Crippen LogP) is 1.30. The van der Waals surface area contributed by atoms with Crippen molar-refractivity contribution in [3.8, 4) is 0 Å². The van der Waals surface area contributed by atoms with Gasteiger partial charge in [0.15, 0.2) is 0 Å². The minimum absolute atomic E-state index is 0.115. The van der Waals surface area contributed by atoms with Gasteiger partial charge in [-0.15, -0.1) is 0 Å². The van der Waals surface area contributed by atoms with Crippen molar-refractivity contribution >= 4 is 11.6 Å². The van der Waals surface area contributed by atoms with Gasteiger partial charge in [0.05, 0.1) is 12.2 Å². The Morgan fingerprint density at radius 1 is 1.67 bits per heavy atom. The van der Waals surface area contributed by atoms with Gasteiger partial charge < -0.3 is 0 Å². The van der Waals surface area contributed by atoms with Gasteiger partial charge in [-0.2, -0.15) is 5.10 Å². The largest absolute Gasteiger partial charge is 0.268 e.